The summed E-state index contributed by atoms with van der Waals surface area (Å²) < 4.78 is 0. The van der Waals surface area contributed by atoms with Crippen LogP contribution in [-0.4, -0.2) is 35.5 Å². The van der Waals surface area contributed by atoms with E-state index < -0.39 is 0 Å². The highest BCUT2D eigenvalue weighted by molar-refractivity contribution is 5.32. The highest BCUT2D eigenvalue weighted by atomic mass is 16.6. The number of likely N-dealkylation sites (tertiary alicyclic amines) is 1. The molecule has 1 fully saturated rings. The molecule has 0 radical (unpaired) electrons. The number of nitro benzene ring substituents is 1. The summed E-state index contributed by atoms with van der Waals surface area (Å²) in [5, 5.41) is 10.5. The van der Waals surface area contributed by atoms with Crippen molar-refractivity contribution in [1.29, 1.82) is 0 Å². The zero-order chi connectivity index (χ0) is 13.0. The molecule has 1 aliphatic heterocycles. The lowest BCUT2D eigenvalue weighted by Crippen LogP contribution is -2.43. The molecule has 0 spiro atoms. The molecule has 1 saturated heterocycles. The number of rotatable bonds is 4. The van der Waals surface area contributed by atoms with Gasteiger partial charge in [-0.25, -0.2) is 0 Å². The average Bonchev–Trinajstić information content (AvgIpc) is 2.37. The Bertz CT molecular complexity index is 405. The molecular formula is C13H19N3O2. The average molecular weight is 249 g/mol. The Hall–Kier alpha value is -1.46. The van der Waals surface area contributed by atoms with Crippen LogP contribution in [-0.2, 0) is 6.42 Å². The van der Waals surface area contributed by atoms with Crippen LogP contribution in [0, 0.1) is 10.1 Å². The van der Waals surface area contributed by atoms with Gasteiger partial charge in [-0.05, 0) is 31.4 Å². The van der Waals surface area contributed by atoms with Gasteiger partial charge in [0, 0.05) is 31.3 Å². The number of non-ortho nitro benzene ring substituents is 1. The summed E-state index contributed by atoms with van der Waals surface area (Å²) >= 11 is 0. The van der Waals surface area contributed by atoms with Gasteiger partial charge in [0.05, 0.1) is 4.92 Å². The van der Waals surface area contributed by atoms with E-state index in [1.807, 2.05) is 12.1 Å². The smallest absolute Gasteiger partial charge is 0.269 e. The first-order chi connectivity index (χ1) is 8.65. The third-order valence-electron chi connectivity index (χ3n) is 3.41. The molecule has 0 unspecified atom stereocenters. The summed E-state index contributed by atoms with van der Waals surface area (Å²) in [5.41, 5.74) is 7.22. The fourth-order valence-corrected chi connectivity index (χ4v) is 2.37. The van der Waals surface area contributed by atoms with Crippen LogP contribution in [0.25, 0.3) is 0 Å². The summed E-state index contributed by atoms with van der Waals surface area (Å²) in [6.45, 7) is 3.05. The Morgan fingerprint density at radius 3 is 2.72 bits per heavy atom. The molecule has 1 aliphatic rings. The molecule has 0 aromatic heterocycles. The second-order valence-electron chi connectivity index (χ2n) is 4.88. The van der Waals surface area contributed by atoms with Gasteiger partial charge < -0.3 is 10.6 Å². The zero-order valence-corrected chi connectivity index (χ0v) is 10.4. The normalized spacial score (nSPS) is 20.8. The maximum absolute atomic E-state index is 10.5. The van der Waals surface area contributed by atoms with Gasteiger partial charge in [-0.2, -0.15) is 0 Å². The van der Waals surface area contributed by atoms with E-state index in [4.69, 9.17) is 5.73 Å². The van der Waals surface area contributed by atoms with Gasteiger partial charge in [-0.1, -0.05) is 12.1 Å². The molecule has 18 heavy (non-hydrogen) atoms. The van der Waals surface area contributed by atoms with Crippen LogP contribution in [0.3, 0.4) is 0 Å². The molecule has 5 nitrogen and oxygen atoms in total. The van der Waals surface area contributed by atoms with E-state index in [0.29, 0.717) is 6.04 Å². The predicted molar refractivity (Wildman–Crippen MR) is 70.4 cm³/mol. The van der Waals surface area contributed by atoms with Gasteiger partial charge in [0.1, 0.15) is 0 Å². The second kappa shape index (κ2) is 5.93. The number of nitrogens with two attached hydrogens (primary N) is 1. The standard InChI is InChI=1S/C13H19N3O2/c14-12-2-1-8-15(10-12)9-7-11-3-5-13(6-4-11)16(17)18/h3-6,12H,1-2,7-10,14H2/t12-/m0/s1. The highest BCUT2D eigenvalue weighted by Gasteiger charge is 2.16. The number of hydrogen-bond donors (Lipinski definition) is 1. The van der Waals surface area contributed by atoms with Crippen molar-refractivity contribution in [1.82, 2.24) is 4.90 Å². The summed E-state index contributed by atoms with van der Waals surface area (Å²) in [6.07, 6.45) is 3.21. The third kappa shape index (κ3) is 3.51. The lowest BCUT2D eigenvalue weighted by molar-refractivity contribution is -0.384. The fraction of sp³-hybridized carbons (Fsp3) is 0.538. The van der Waals surface area contributed by atoms with Crippen molar-refractivity contribution in [2.45, 2.75) is 25.3 Å². The zero-order valence-electron chi connectivity index (χ0n) is 10.4. The maximum Gasteiger partial charge on any atom is 0.269 e. The monoisotopic (exact) mass is 249 g/mol. The van der Waals surface area contributed by atoms with Crippen LogP contribution >= 0.6 is 0 Å². The molecule has 1 aromatic rings. The molecule has 2 rings (SSSR count). The minimum Gasteiger partial charge on any atom is -0.327 e. The topological polar surface area (TPSA) is 72.4 Å². The Morgan fingerprint density at radius 1 is 1.39 bits per heavy atom. The van der Waals surface area contributed by atoms with E-state index in [9.17, 15) is 10.1 Å². The molecule has 0 aliphatic carbocycles. The van der Waals surface area contributed by atoms with Gasteiger partial charge >= 0.3 is 0 Å². The molecule has 1 atom stereocenters. The fourth-order valence-electron chi connectivity index (χ4n) is 2.37. The Kier molecular flexibility index (Phi) is 4.28. The second-order valence-corrected chi connectivity index (χ2v) is 4.88. The van der Waals surface area contributed by atoms with E-state index >= 15 is 0 Å². The maximum atomic E-state index is 10.5. The molecule has 0 amide bonds. The van der Waals surface area contributed by atoms with Crippen LogP contribution in [0.4, 0.5) is 5.69 Å². The largest absolute Gasteiger partial charge is 0.327 e. The van der Waals surface area contributed by atoms with Crippen LogP contribution in [0.1, 0.15) is 18.4 Å². The Balaban J connectivity index is 1.84. The molecule has 0 saturated carbocycles. The van der Waals surface area contributed by atoms with Crippen molar-refractivity contribution in [3.05, 3.63) is 39.9 Å². The third-order valence-corrected chi connectivity index (χ3v) is 3.41. The first-order valence-electron chi connectivity index (χ1n) is 6.36. The van der Waals surface area contributed by atoms with Crippen molar-refractivity contribution in [2.75, 3.05) is 19.6 Å². The van der Waals surface area contributed by atoms with Gasteiger partial charge in [0.15, 0.2) is 0 Å². The number of nitrogens with zero attached hydrogens (tertiary/aromatic N) is 2. The molecular weight excluding hydrogens is 230 g/mol. The van der Waals surface area contributed by atoms with Crippen LogP contribution in [0.5, 0.6) is 0 Å². The van der Waals surface area contributed by atoms with Crippen LogP contribution < -0.4 is 5.73 Å². The molecule has 0 bridgehead atoms. The quantitative estimate of drug-likeness (QED) is 0.649. The summed E-state index contributed by atoms with van der Waals surface area (Å²) in [5.74, 6) is 0. The van der Waals surface area contributed by atoms with Crippen molar-refractivity contribution >= 4 is 5.69 Å². The number of hydrogen-bond acceptors (Lipinski definition) is 4. The lowest BCUT2D eigenvalue weighted by Gasteiger charge is -2.30. The van der Waals surface area contributed by atoms with E-state index in [0.717, 1.165) is 38.0 Å². The van der Waals surface area contributed by atoms with Gasteiger partial charge in [-0.15, -0.1) is 0 Å². The molecule has 1 aromatic carbocycles. The van der Waals surface area contributed by atoms with Crippen molar-refractivity contribution in [3.63, 3.8) is 0 Å². The molecule has 2 N–H and O–H groups in total. The van der Waals surface area contributed by atoms with Crippen LogP contribution in [0.2, 0.25) is 0 Å². The predicted octanol–water partition coefficient (Wildman–Crippen LogP) is 1.56. The first-order valence-corrected chi connectivity index (χ1v) is 6.36. The Morgan fingerprint density at radius 2 is 2.11 bits per heavy atom. The lowest BCUT2D eigenvalue weighted by atomic mass is 10.1. The van der Waals surface area contributed by atoms with Gasteiger partial charge in [0.2, 0.25) is 0 Å². The highest BCUT2D eigenvalue weighted by Crippen LogP contribution is 2.14. The van der Waals surface area contributed by atoms with E-state index in [1.165, 1.54) is 6.42 Å². The number of piperidine rings is 1. The number of nitro groups is 1. The minimum atomic E-state index is -0.368. The van der Waals surface area contributed by atoms with E-state index in [-0.39, 0.29) is 10.6 Å². The van der Waals surface area contributed by atoms with Crippen LogP contribution in [0.15, 0.2) is 24.3 Å². The molecule has 5 heteroatoms. The van der Waals surface area contributed by atoms with Crippen molar-refractivity contribution < 1.29 is 4.92 Å². The molecule has 98 valence electrons. The number of benzene rings is 1. The molecule has 1 heterocycles. The SMILES string of the molecule is N[C@H]1CCCN(CCc2ccc([N+](=O)[O-])cc2)C1. The van der Waals surface area contributed by atoms with Crippen molar-refractivity contribution in [2.24, 2.45) is 5.73 Å². The Labute approximate surface area is 107 Å². The van der Waals surface area contributed by atoms with Gasteiger partial charge in [-0.3, -0.25) is 10.1 Å². The first kappa shape index (κ1) is 13.0. The summed E-state index contributed by atoms with van der Waals surface area (Å²) in [6, 6.07) is 7.11. The van der Waals surface area contributed by atoms with E-state index in [1.54, 1.807) is 12.1 Å². The summed E-state index contributed by atoms with van der Waals surface area (Å²) in [4.78, 5) is 12.5. The minimum absolute atomic E-state index is 0.152. The van der Waals surface area contributed by atoms with E-state index in [2.05, 4.69) is 4.90 Å². The summed E-state index contributed by atoms with van der Waals surface area (Å²) in [7, 11) is 0. The van der Waals surface area contributed by atoms with Crippen molar-refractivity contribution in [3.8, 4) is 0 Å². The van der Waals surface area contributed by atoms with Gasteiger partial charge in [0.25, 0.3) is 5.69 Å².